The van der Waals surface area contributed by atoms with Crippen molar-refractivity contribution in [2.75, 3.05) is 0 Å². The van der Waals surface area contributed by atoms with Gasteiger partial charge in [0, 0.05) is 21.6 Å². The number of nitrogens with zero attached hydrogens (tertiary/aromatic N) is 2. The van der Waals surface area contributed by atoms with Gasteiger partial charge in [-0.05, 0) is 18.2 Å². The zero-order chi connectivity index (χ0) is 15.9. The van der Waals surface area contributed by atoms with Crippen molar-refractivity contribution in [2.45, 2.75) is 0 Å². The molecule has 0 aliphatic rings. The minimum atomic E-state index is -0.775. The Hall–Kier alpha value is -2.86. The van der Waals surface area contributed by atoms with Crippen LogP contribution < -0.4 is 10.2 Å². The highest BCUT2D eigenvalue weighted by Gasteiger charge is 2.18. The average Bonchev–Trinajstić information content (AvgIpc) is 2.51. The van der Waals surface area contributed by atoms with Gasteiger partial charge in [0.2, 0.25) is 0 Å². The maximum atomic E-state index is 12.6. The summed E-state index contributed by atoms with van der Waals surface area (Å²) < 4.78 is 1.08. The molecule has 3 rings (SSSR count). The summed E-state index contributed by atoms with van der Waals surface area (Å²) in [5.41, 5.74) is 5.91. The van der Waals surface area contributed by atoms with E-state index in [1.807, 2.05) is 0 Å². The Morgan fingerprint density at radius 2 is 1.86 bits per heavy atom. The maximum Gasteiger partial charge on any atom is 0.286 e. The summed E-state index contributed by atoms with van der Waals surface area (Å²) >= 11 is 5.82. The number of hydrogen-bond donors (Lipinski definition) is 1. The first-order chi connectivity index (χ1) is 10.5. The quantitative estimate of drug-likeness (QED) is 0.735. The Labute approximate surface area is 129 Å². The molecule has 1 amide bonds. The summed E-state index contributed by atoms with van der Waals surface area (Å²) in [4.78, 5) is 23.7. The molecule has 0 aliphatic carbocycles. The Balaban J connectivity index is 2.41. The fraction of sp³-hybridized carbons (Fsp3) is 0. The predicted octanol–water partition coefficient (Wildman–Crippen LogP) is 2.32. The lowest BCUT2D eigenvalue weighted by atomic mass is 10.1. The number of amides is 1. The smallest absolute Gasteiger partial charge is 0.286 e. The lowest BCUT2D eigenvalue weighted by Crippen LogP contribution is -2.22. The van der Waals surface area contributed by atoms with E-state index >= 15 is 0 Å². The number of primary amides is 1. The van der Waals surface area contributed by atoms with Crippen molar-refractivity contribution in [1.82, 2.24) is 4.73 Å². The Bertz CT molecular complexity index is 949. The van der Waals surface area contributed by atoms with Crippen molar-refractivity contribution in [3.63, 3.8) is 0 Å². The molecule has 0 radical (unpaired) electrons. The number of fused-ring (bicyclic) bond motifs is 1. The number of carbonyl (C=O) groups excluding carboxylic acids is 1. The summed E-state index contributed by atoms with van der Waals surface area (Å²) in [6.07, 6.45) is 1.16. The van der Waals surface area contributed by atoms with Crippen molar-refractivity contribution in [3.05, 3.63) is 69.4 Å². The molecular weight excluding hydrogens is 306 g/mol. The SMILES string of the molecule is NC(=O)c1cccc2c1n([O-])c(-c1ccc(Cl)cc1)c[n+]2=O. The van der Waals surface area contributed by atoms with Crippen LogP contribution >= 0.6 is 11.6 Å². The fourth-order valence-corrected chi connectivity index (χ4v) is 2.41. The highest BCUT2D eigenvalue weighted by atomic mass is 35.5. The van der Waals surface area contributed by atoms with Crippen molar-refractivity contribution in [2.24, 2.45) is 5.73 Å². The van der Waals surface area contributed by atoms with Crippen molar-refractivity contribution in [3.8, 4) is 11.3 Å². The highest BCUT2D eigenvalue weighted by molar-refractivity contribution is 6.30. The minimum Gasteiger partial charge on any atom is -0.805 e. The summed E-state index contributed by atoms with van der Waals surface area (Å²) in [5, 5.41) is 13.1. The molecule has 110 valence electrons. The predicted molar refractivity (Wildman–Crippen MR) is 83.0 cm³/mol. The Morgan fingerprint density at radius 1 is 1.18 bits per heavy atom. The Morgan fingerprint density at radius 3 is 2.50 bits per heavy atom. The zero-order valence-corrected chi connectivity index (χ0v) is 11.9. The third-order valence-corrected chi connectivity index (χ3v) is 3.57. The van der Waals surface area contributed by atoms with Gasteiger partial charge < -0.3 is 15.7 Å². The van der Waals surface area contributed by atoms with Crippen LogP contribution in [0.3, 0.4) is 0 Å². The summed E-state index contributed by atoms with van der Waals surface area (Å²) in [7, 11) is 0. The van der Waals surface area contributed by atoms with Crippen LogP contribution in [-0.4, -0.2) is 10.6 Å². The van der Waals surface area contributed by atoms with Gasteiger partial charge in [-0.15, -0.1) is 0 Å². The van der Waals surface area contributed by atoms with Gasteiger partial charge in [-0.1, -0.05) is 29.8 Å². The van der Waals surface area contributed by atoms with Crippen LogP contribution in [0.15, 0.2) is 48.7 Å². The average molecular weight is 316 g/mol. The lowest BCUT2D eigenvalue weighted by Gasteiger charge is -2.18. The largest absolute Gasteiger partial charge is 0.805 e. The van der Waals surface area contributed by atoms with Crippen LogP contribution in [0.5, 0.6) is 0 Å². The minimum absolute atomic E-state index is 0.00656. The number of halogens is 1. The molecule has 22 heavy (non-hydrogen) atoms. The van der Waals surface area contributed by atoms with Crippen molar-refractivity contribution < 1.29 is 9.22 Å². The first-order valence-corrected chi connectivity index (χ1v) is 6.71. The number of nitrogens with two attached hydrogens (primary N) is 1. The van der Waals surface area contributed by atoms with Crippen LogP contribution in [0.4, 0.5) is 0 Å². The van der Waals surface area contributed by atoms with Crippen LogP contribution in [0, 0.1) is 10.1 Å². The number of para-hydroxylation sites is 1. The van der Waals surface area contributed by atoms with E-state index in [9.17, 15) is 14.9 Å². The molecule has 3 aromatic rings. The first kappa shape index (κ1) is 14.1. The van der Waals surface area contributed by atoms with E-state index in [0.29, 0.717) is 19.7 Å². The number of rotatable bonds is 2. The van der Waals surface area contributed by atoms with Gasteiger partial charge in [-0.3, -0.25) is 4.79 Å². The van der Waals surface area contributed by atoms with Gasteiger partial charge in [-0.25, -0.2) is 0 Å². The van der Waals surface area contributed by atoms with Gasteiger partial charge in [0.25, 0.3) is 17.6 Å². The van der Waals surface area contributed by atoms with Gasteiger partial charge >= 0.3 is 0 Å². The summed E-state index contributed by atoms with van der Waals surface area (Å²) in [5.74, 6) is -0.775. The second-order valence-electron chi connectivity index (χ2n) is 4.68. The summed E-state index contributed by atoms with van der Waals surface area (Å²) in [6.45, 7) is 0. The second kappa shape index (κ2) is 5.16. The van der Waals surface area contributed by atoms with Crippen LogP contribution in [-0.2, 0) is 0 Å². The fourth-order valence-electron chi connectivity index (χ4n) is 2.29. The van der Waals surface area contributed by atoms with Gasteiger partial charge in [0.05, 0.1) is 9.99 Å². The number of benzene rings is 2. The van der Waals surface area contributed by atoms with E-state index in [4.69, 9.17) is 17.3 Å². The van der Waals surface area contributed by atoms with Crippen molar-refractivity contribution >= 4 is 28.5 Å². The molecule has 0 aliphatic heterocycles. The van der Waals surface area contributed by atoms with Crippen LogP contribution in [0.1, 0.15) is 10.4 Å². The zero-order valence-electron chi connectivity index (χ0n) is 11.2. The molecular formula is C15H10ClN3O3. The molecule has 0 atom stereocenters. The maximum absolute atomic E-state index is 12.6. The highest BCUT2D eigenvalue weighted by Crippen LogP contribution is 2.24. The molecule has 0 saturated carbocycles. The molecule has 0 fully saturated rings. The van der Waals surface area contributed by atoms with Gasteiger partial charge in [0.15, 0.2) is 0 Å². The van der Waals surface area contributed by atoms with Crippen LogP contribution in [0.2, 0.25) is 5.02 Å². The Kier molecular flexibility index (Phi) is 3.30. The normalized spacial score (nSPS) is 10.8. The molecule has 7 heteroatoms. The first-order valence-electron chi connectivity index (χ1n) is 6.33. The van der Waals surface area contributed by atoms with E-state index < -0.39 is 5.91 Å². The monoisotopic (exact) mass is 315 g/mol. The molecule has 0 bridgehead atoms. The molecule has 0 spiro atoms. The third kappa shape index (κ3) is 2.19. The van der Waals surface area contributed by atoms with Gasteiger partial charge in [0.1, 0.15) is 11.2 Å². The number of carbonyl (C=O) groups is 1. The lowest BCUT2D eigenvalue weighted by molar-refractivity contribution is -0.463. The standard InChI is InChI=1S/C15H10ClN3O3/c16-10-6-4-9(5-7-10)13-8-18(21)12-3-1-2-11(15(17)20)14(12)19(13)22/h1-8H,(H2,17,20). The summed E-state index contributed by atoms with van der Waals surface area (Å²) in [6, 6.07) is 10.8. The third-order valence-electron chi connectivity index (χ3n) is 3.32. The molecule has 0 unspecified atom stereocenters. The van der Waals surface area contributed by atoms with E-state index in [0.717, 1.165) is 6.20 Å². The van der Waals surface area contributed by atoms with E-state index in [1.165, 1.54) is 18.2 Å². The molecule has 0 saturated heterocycles. The second-order valence-corrected chi connectivity index (χ2v) is 5.12. The van der Waals surface area contributed by atoms with Gasteiger partial charge in [-0.2, -0.15) is 0 Å². The van der Waals surface area contributed by atoms with Crippen LogP contribution in [0.25, 0.3) is 22.3 Å². The molecule has 2 aromatic carbocycles. The molecule has 1 heterocycles. The van der Waals surface area contributed by atoms with E-state index in [1.54, 1.807) is 24.3 Å². The van der Waals surface area contributed by atoms with Crippen molar-refractivity contribution in [1.29, 1.82) is 0 Å². The van der Waals surface area contributed by atoms with E-state index in [2.05, 4.69) is 0 Å². The molecule has 1 aromatic heterocycles. The topological polar surface area (TPSA) is 94.1 Å². The molecule has 6 nitrogen and oxygen atoms in total. The number of aromatic nitrogens is 2. The molecule has 2 N–H and O–H groups in total. The number of hydrogen-bond acceptors (Lipinski definition) is 3. The van der Waals surface area contributed by atoms with E-state index in [-0.39, 0.29) is 22.3 Å².